The summed E-state index contributed by atoms with van der Waals surface area (Å²) in [5.74, 6) is -0.385. The van der Waals surface area contributed by atoms with Crippen molar-refractivity contribution in [3.63, 3.8) is 0 Å². The van der Waals surface area contributed by atoms with Gasteiger partial charge in [-0.05, 0) is 49.1 Å². The summed E-state index contributed by atoms with van der Waals surface area (Å²) in [6.45, 7) is 0. The number of carbonyl (C=O) groups is 3. The van der Waals surface area contributed by atoms with E-state index in [1.807, 2.05) is 36.4 Å². The average molecular weight is 420 g/mol. The predicted molar refractivity (Wildman–Crippen MR) is 116 cm³/mol. The summed E-state index contributed by atoms with van der Waals surface area (Å²) in [6, 6.07) is 8.14. The first kappa shape index (κ1) is 20.2. The fraction of sp³-hybridized carbons (Fsp3) is 0.500. The number of hydrogen-bond donors (Lipinski definition) is 0. The number of ether oxygens (including phenoxy) is 1. The topological polar surface area (TPSA) is 63.7 Å². The van der Waals surface area contributed by atoms with Crippen molar-refractivity contribution in [3.05, 3.63) is 54.1 Å². The highest BCUT2D eigenvalue weighted by atomic mass is 16.5. The van der Waals surface area contributed by atoms with Crippen molar-refractivity contribution in [1.82, 2.24) is 4.90 Å². The first-order valence-corrected chi connectivity index (χ1v) is 11.5. The second-order valence-electron chi connectivity index (χ2n) is 9.29. The lowest BCUT2D eigenvalue weighted by molar-refractivity contribution is -0.169. The smallest absolute Gasteiger partial charge is 0.229 e. The van der Waals surface area contributed by atoms with Crippen LogP contribution >= 0.6 is 0 Å². The van der Waals surface area contributed by atoms with Gasteiger partial charge in [0.05, 0.1) is 19.1 Å². The molecular weight excluding hydrogens is 390 g/mol. The predicted octanol–water partition coefficient (Wildman–Crippen LogP) is 4.04. The Kier molecular flexibility index (Phi) is 5.28. The molecule has 162 valence electrons. The van der Waals surface area contributed by atoms with Gasteiger partial charge in [-0.3, -0.25) is 14.4 Å². The van der Waals surface area contributed by atoms with E-state index in [2.05, 4.69) is 4.90 Å². The number of fused-ring (bicyclic) bond motifs is 1. The minimum Gasteiger partial charge on any atom is -0.497 e. The molecule has 0 spiro atoms. The van der Waals surface area contributed by atoms with Gasteiger partial charge in [0.15, 0.2) is 11.6 Å². The minimum absolute atomic E-state index is 0.0101. The number of likely N-dealkylation sites (tertiary alicyclic amines) is 1. The maximum Gasteiger partial charge on any atom is 0.229 e. The van der Waals surface area contributed by atoms with Crippen LogP contribution in [-0.4, -0.2) is 35.5 Å². The molecule has 1 aliphatic heterocycles. The zero-order chi connectivity index (χ0) is 21.5. The van der Waals surface area contributed by atoms with Crippen LogP contribution < -0.4 is 4.74 Å². The van der Waals surface area contributed by atoms with E-state index in [1.54, 1.807) is 7.11 Å². The normalized spacial score (nSPS) is 33.3. The Labute approximate surface area is 183 Å². The summed E-state index contributed by atoms with van der Waals surface area (Å²) in [7, 11) is 1.64. The monoisotopic (exact) mass is 419 g/mol. The van der Waals surface area contributed by atoms with Crippen molar-refractivity contribution in [3.8, 4) is 5.75 Å². The van der Waals surface area contributed by atoms with E-state index in [-0.39, 0.29) is 47.3 Å². The Balaban J connectivity index is 1.51. The molecule has 0 bridgehead atoms. The zero-order valence-electron chi connectivity index (χ0n) is 17.9. The van der Waals surface area contributed by atoms with Gasteiger partial charge < -0.3 is 9.64 Å². The van der Waals surface area contributed by atoms with E-state index in [0.717, 1.165) is 37.0 Å². The number of hydrogen-bond acceptors (Lipinski definition) is 4. The number of benzene rings is 1. The number of amides is 1. The Morgan fingerprint density at radius 2 is 1.61 bits per heavy atom. The SMILES string of the molecule is COc1ccc([C@@H]2[C@H]([C@H]3C=CC[C@H]4C(=O)C=CC(=O)[C@@H]34)C(=O)N2C2CCCCC2)cc1. The second kappa shape index (κ2) is 8.10. The van der Waals surface area contributed by atoms with Crippen LogP contribution in [0, 0.1) is 23.7 Å². The summed E-state index contributed by atoms with van der Waals surface area (Å²) in [6.07, 6.45) is 13.1. The highest BCUT2D eigenvalue weighted by molar-refractivity contribution is 6.08. The van der Waals surface area contributed by atoms with Gasteiger partial charge >= 0.3 is 0 Å². The molecule has 0 N–H and O–H groups in total. The van der Waals surface area contributed by atoms with E-state index in [1.165, 1.54) is 18.6 Å². The molecule has 5 rings (SSSR count). The summed E-state index contributed by atoms with van der Waals surface area (Å²) in [4.78, 5) is 41.0. The van der Waals surface area contributed by atoms with E-state index in [4.69, 9.17) is 4.74 Å². The number of nitrogens with zero attached hydrogens (tertiary/aromatic N) is 1. The standard InChI is InChI=1S/C26H29NO4/c1-31-18-12-10-16(11-13-18)25-24(26(30)27(25)17-6-3-2-4-7-17)20-9-5-8-19-21(28)14-15-22(29)23(19)20/h5,9-15,17,19-20,23-25H,2-4,6-8H2,1H3/t19-,20-,23+,24-,25+/m0/s1. The molecule has 5 heteroatoms. The Morgan fingerprint density at radius 3 is 2.32 bits per heavy atom. The largest absolute Gasteiger partial charge is 0.497 e. The van der Waals surface area contributed by atoms with Crippen LogP contribution in [-0.2, 0) is 14.4 Å². The molecule has 1 saturated carbocycles. The van der Waals surface area contributed by atoms with Gasteiger partial charge in [0.25, 0.3) is 0 Å². The number of ketones is 2. The zero-order valence-corrected chi connectivity index (χ0v) is 17.9. The summed E-state index contributed by atoms with van der Waals surface area (Å²) in [5.41, 5.74) is 1.08. The Hall–Kier alpha value is -2.69. The van der Waals surface area contributed by atoms with Gasteiger partial charge in [-0.1, -0.05) is 43.5 Å². The molecule has 5 atom stereocenters. The van der Waals surface area contributed by atoms with Crippen LogP contribution in [0.3, 0.4) is 0 Å². The minimum atomic E-state index is -0.425. The van der Waals surface area contributed by atoms with Crippen molar-refractivity contribution in [2.24, 2.45) is 23.7 Å². The molecule has 1 heterocycles. The fourth-order valence-electron chi connectivity index (χ4n) is 6.19. The molecule has 31 heavy (non-hydrogen) atoms. The van der Waals surface area contributed by atoms with Gasteiger partial charge in [0.2, 0.25) is 5.91 Å². The molecule has 2 fully saturated rings. The molecule has 0 aromatic heterocycles. The van der Waals surface area contributed by atoms with Crippen LogP contribution in [0.2, 0.25) is 0 Å². The van der Waals surface area contributed by atoms with E-state index >= 15 is 0 Å². The summed E-state index contributed by atoms with van der Waals surface area (Å²) >= 11 is 0. The third-order valence-corrected chi connectivity index (χ3v) is 7.72. The maximum atomic E-state index is 13.6. The number of β-lactam (4-membered cyclic amide) rings is 1. The van der Waals surface area contributed by atoms with Gasteiger partial charge in [-0.15, -0.1) is 0 Å². The lowest BCUT2D eigenvalue weighted by atomic mass is 9.60. The quantitative estimate of drug-likeness (QED) is 0.546. The highest BCUT2D eigenvalue weighted by Crippen LogP contribution is 2.52. The van der Waals surface area contributed by atoms with E-state index in [9.17, 15) is 14.4 Å². The lowest BCUT2D eigenvalue weighted by Gasteiger charge is -2.56. The third kappa shape index (κ3) is 3.35. The average Bonchev–Trinajstić information content (AvgIpc) is 2.81. The van der Waals surface area contributed by atoms with Crippen molar-refractivity contribution in [2.45, 2.75) is 50.6 Å². The third-order valence-electron chi connectivity index (χ3n) is 7.72. The highest BCUT2D eigenvalue weighted by Gasteiger charge is 2.57. The van der Waals surface area contributed by atoms with Crippen LogP contribution in [0.15, 0.2) is 48.6 Å². The van der Waals surface area contributed by atoms with Crippen LogP contribution in [0.25, 0.3) is 0 Å². The number of allylic oxidation sites excluding steroid dienone is 4. The molecular formula is C26H29NO4. The van der Waals surface area contributed by atoms with E-state index in [0.29, 0.717) is 6.42 Å². The molecule has 1 aromatic carbocycles. The number of carbonyl (C=O) groups excluding carboxylic acids is 3. The first-order valence-electron chi connectivity index (χ1n) is 11.5. The van der Waals surface area contributed by atoms with Gasteiger partial charge in [-0.2, -0.15) is 0 Å². The van der Waals surface area contributed by atoms with Crippen molar-refractivity contribution < 1.29 is 19.1 Å². The van der Waals surface area contributed by atoms with Crippen LogP contribution in [0.1, 0.15) is 50.1 Å². The molecule has 5 nitrogen and oxygen atoms in total. The Bertz CT molecular complexity index is 941. The second-order valence-corrected chi connectivity index (χ2v) is 9.29. The molecule has 3 aliphatic carbocycles. The lowest BCUT2D eigenvalue weighted by Crippen LogP contribution is -2.63. The molecule has 4 aliphatic rings. The van der Waals surface area contributed by atoms with Gasteiger partial charge in [-0.25, -0.2) is 0 Å². The summed E-state index contributed by atoms with van der Waals surface area (Å²) < 4.78 is 5.32. The maximum absolute atomic E-state index is 13.6. The molecule has 0 unspecified atom stereocenters. The van der Waals surface area contributed by atoms with Crippen LogP contribution in [0.5, 0.6) is 5.75 Å². The molecule has 1 saturated heterocycles. The first-order chi connectivity index (χ1) is 15.1. The summed E-state index contributed by atoms with van der Waals surface area (Å²) in [5, 5.41) is 0. The molecule has 0 radical (unpaired) electrons. The van der Waals surface area contributed by atoms with E-state index < -0.39 is 5.92 Å². The van der Waals surface area contributed by atoms with Gasteiger partial charge in [0, 0.05) is 23.8 Å². The van der Waals surface area contributed by atoms with Crippen molar-refractivity contribution >= 4 is 17.5 Å². The fourth-order valence-corrected chi connectivity index (χ4v) is 6.19. The van der Waals surface area contributed by atoms with Crippen molar-refractivity contribution in [1.29, 1.82) is 0 Å². The number of rotatable bonds is 4. The Morgan fingerprint density at radius 1 is 0.903 bits per heavy atom. The molecule has 1 aromatic rings. The van der Waals surface area contributed by atoms with Gasteiger partial charge in [0.1, 0.15) is 5.75 Å². The molecule has 1 amide bonds. The van der Waals surface area contributed by atoms with Crippen LogP contribution in [0.4, 0.5) is 0 Å². The van der Waals surface area contributed by atoms with Crippen molar-refractivity contribution in [2.75, 3.05) is 7.11 Å². The number of methoxy groups -OCH3 is 1.